The van der Waals surface area contributed by atoms with Crippen LogP contribution in [0.15, 0.2) is 48.7 Å². The minimum Gasteiger partial charge on any atom is -0.368 e. The Labute approximate surface area is 211 Å². The molecule has 0 unspecified atom stereocenters. The largest absolute Gasteiger partial charge is 0.368 e. The van der Waals surface area contributed by atoms with E-state index < -0.39 is 23.8 Å². The lowest BCUT2D eigenvalue weighted by molar-refractivity contribution is 0.0984. The van der Waals surface area contributed by atoms with Gasteiger partial charge >= 0.3 is 0 Å². The highest BCUT2D eigenvalue weighted by molar-refractivity contribution is 6.34. The van der Waals surface area contributed by atoms with Crippen LogP contribution in [0.4, 0.5) is 20.3 Å². The number of aromatic nitrogens is 1. The first-order chi connectivity index (χ1) is 16.7. The van der Waals surface area contributed by atoms with Gasteiger partial charge < -0.3 is 10.6 Å². The normalized spacial score (nSPS) is 14.1. The molecule has 1 aromatic heterocycles. The number of hydrogen-bond donors (Lipinski definition) is 1. The third-order valence-corrected chi connectivity index (χ3v) is 6.62. The molecule has 2 amide bonds. The van der Waals surface area contributed by atoms with Crippen molar-refractivity contribution in [1.82, 2.24) is 4.98 Å². The lowest BCUT2D eigenvalue weighted by Crippen LogP contribution is -2.37. The van der Waals surface area contributed by atoms with E-state index in [1.807, 2.05) is 4.90 Å². The quantitative estimate of drug-likeness (QED) is 0.483. The highest BCUT2D eigenvalue weighted by atomic mass is 35.5. The van der Waals surface area contributed by atoms with Crippen molar-refractivity contribution in [3.05, 3.63) is 75.7 Å². The van der Waals surface area contributed by atoms with Crippen LogP contribution in [-0.4, -0.2) is 43.1 Å². The minimum atomic E-state index is -0.913. The van der Waals surface area contributed by atoms with Crippen LogP contribution in [0.5, 0.6) is 0 Å². The molecule has 2 N–H and O–H groups in total. The predicted molar refractivity (Wildman–Crippen MR) is 134 cm³/mol. The Morgan fingerprint density at radius 1 is 1.11 bits per heavy atom. The number of alkyl halides is 1. The second kappa shape index (κ2) is 10.2. The van der Waals surface area contributed by atoms with Crippen LogP contribution >= 0.6 is 23.2 Å². The van der Waals surface area contributed by atoms with E-state index >= 15 is 0 Å². The molecule has 10 heteroatoms. The van der Waals surface area contributed by atoms with Crippen LogP contribution in [0.1, 0.15) is 33.6 Å². The number of carbonyl (C=O) groups excluding carboxylic acids is 2. The molecule has 1 aliphatic rings. The SMILES string of the molecule is CN(C(=O)c1c(F)cccc1Cl)c1ncc(-c2cc(C(N)=O)ccc2Cl)cc1N1CCC(F)CC1. The molecule has 1 fully saturated rings. The number of rotatable bonds is 5. The zero-order valence-corrected chi connectivity index (χ0v) is 20.3. The molecular weight excluding hydrogens is 497 g/mol. The van der Waals surface area contributed by atoms with Gasteiger partial charge in [-0.15, -0.1) is 0 Å². The molecule has 0 radical (unpaired) electrons. The molecule has 35 heavy (non-hydrogen) atoms. The number of halogens is 4. The summed E-state index contributed by atoms with van der Waals surface area (Å²) in [4.78, 5) is 32.5. The summed E-state index contributed by atoms with van der Waals surface area (Å²) in [6.45, 7) is 0.799. The fourth-order valence-electron chi connectivity index (χ4n) is 4.04. The van der Waals surface area contributed by atoms with E-state index in [0.29, 0.717) is 47.8 Å². The molecule has 6 nitrogen and oxygen atoms in total. The summed E-state index contributed by atoms with van der Waals surface area (Å²) in [6.07, 6.45) is 1.22. The molecule has 1 saturated heterocycles. The average Bonchev–Trinajstić information content (AvgIpc) is 2.83. The topological polar surface area (TPSA) is 79.5 Å². The summed E-state index contributed by atoms with van der Waals surface area (Å²) in [5.41, 5.74) is 7.06. The van der Waals surface area contributed by atoms with Crippen LogP contribution in [-0.2, 0) is 0 Å². The van der Waals surface area contributed by atoms with E-state index in [-0.39, 0.29) is 22.0 Å². The van der Waals surface area contributed by atoms with Crippen LogP contribution in [0.2, 0.25) is 10.0 Å². The maximum absolute atomic E-state index is 14.5. The maximum Gasteiger partial charge on any atom is 0.263 e. The van der Waals surface area contributed by atoms with Crippen molar-refractivity contribution < 1.29 is 18.4 Å². The van der Waals surface area contributed by atoms with Crippen LogP contribution < -0.4 is 15.5 Å². The zero-order valence-electron chi connectivity index (χ0n) is 18.8. The van der Waals surface area contributed by atoms with Gasteiger partial charge in [-0.3, -0.25) is 14.5 Å². The first kappa shape index (κ1) is 24.9. The van der Waals surface area contributed by atoms with Gasteiger partial charge in [-0.1, -0.05) is 29.3 Å². The molecule has 2 heterocycles. The molecular formula is C25H22Cl2F2N4O2. The summed E-state index contributed by atoms with van der Waals surface area (Å²) < 4.78 is 28.3. The lowest BCUT2D eigenvalue weighted by Gasteiger charge is -2.33. The van der Waals surface area contributed by atoms with Gasteiger partial charge in [0.05, 0.1) is 16.3 Å². The first-order valence-corrected chi connectivity index (χ1v) is 11.6. The summed E-state index contributed by atoms with van der Waals surface area (Å²) in [5, 5.41) is 0.355. The minimum absolute atomic E-state index is 0.0201. The van der Waals surface area contributed by atoms with E-state index in [1.54, 1.807) is 18.2 Å². The van der Waals surface area contributed by atoms with E-state index in [9.17, 15) is 18.4 Å². The van der Waals surface area contributed by atoms with Gasteiger partial charge in [0.2, 0.25) is 5.91 Å². The number of piperidine rings is 1. The number of anilines is 2. The van der Waals surface area contributed by atoms with E-state index in [4.69, 9.17) is 28.9 Å². The Kier molecular flexibility index (Phi) is 7.23. The van der Waals surface area contributed by atoms with Crippen molar-refractivity contribution >= 4 is 46.5 Å². The third kappa shape index (κ3) is 5.09. The molecule has 0 bridgehead atoms. The van der Waals surface area contributed by atoms with Crippen molar-refractivity contribution in [2.75, 3.05) is 29.9 Å². The molecule has 0 aliphatic carbocycles. The number of hydrogen-bond acceptors (Lipinski definition) is 4. The monoisotopic (exact) mass is 518 g/mol. The molecule has 0 atom stereocenters. The predicted octanol–water partition coefficient (Wildman–Crippen LogP) is 5.51. The van der Waals surface area contributed by atoms with Gasteiger partial charge in [-0.2, -0.15) is 0 Å². The summed E-state index contributed by atoms with van der Waals surface area (Å²) in [5.74, 6) is -1.79. The van der Waals surface area contributed by atoms with E-state index in [0.717, 1.165) is 6.07 Å². The van der Waals surface area contributed by atoms with Gasteiger partial charge in [0.15, 0.2) is 5.82 Å². The van der Waals surface area contributed by atoms with Crippen molar-refractivity contribution in [3.63, 3.8) is 0 Å². The molecule has 1 aliphatic heterocycles. The molecule has 3 aromatic rings. The Morgan fingerprint density at radius 3 is 2.49 bits per heavy atom. The maximum atomic E-state index is 14.5. The van der Waals surface area contributed by atoms with Gasteiger partial charge in [0.1, 0.15) is 12.0 Å². The standard InChI is InChI=1S/C25H22Cl2F2N4O2/c1-32(25(35)22-19(27)3-2-4-20(22)29)24-21(33-9-7-16(28)8-10-33)12-15(13-31-24)17-11-14(23(30)34)5-6-18(17)26/h2-6,11-13,16H,7-10H2,1H3,(H2,30,34). The fraction of sp³-hybridized carbons (Fsp3) is 0.240. The van der Waals surface area contributed by atoms with Gasteiger partial charge in [0.25, 0.3) is 5.91 Å². The van der Waals surface area contributed by atoms with E-state index in [2.05, 4.69) is 4.98 Å². The van der Waals surface area contributed by atoms with Crippen molar-refractivity contribution in [1.29, 1.82) is 0 Å². The number of amides is 2. The van der Waals surface area contributed by atoms with Gasteiger partial charge in [0, 0.05) is 48.0 Å². The number of pyridine rings is 1. The van der Waals surface area contributed by atoms with E-state index in [1.165, 1.54) is 36.3 Å². The Hall–Kier alpha value is -3.23. The summed E-state index contributed by atoms with van der Waals surface area (Å²) in [7, 11) is 1.47. The van der Waals surface area contributed by atoms with Crippen LogP contribution in [0, 0.1) is 5.82 Å². The zero-order chi connectivity index (χ0) is 25.3. The molecule has 0 saturated carbocycles. The van der Waals surface area contributed by atoms with Crippen molar-refractivity contribution in [3.8, 4) is 11.1 Å². The van der Waals surface area contributed by atoms with Crippen LogP contribution in [0.3, 0.4) is 0 Å². The highest BCUT2D eigenvalue weighted by Gasteiger charge is 2.27. The van der Waals surface area contributed by atoms with Gasteiger partial charge in [-0.25, -0.2) is 13.8 Å². The average molecular weight is 519 g/mol. The highest BCUT2D eigenvalue weighted by Crippen LogP contribution is 2.37. The molecule has 0 spiro atoms. The van der Waals surface area contributed by atoms with Crippen molar-refractivity contribution in [2.24, 2.45) is 5.73 Å². The number of nitrogens with two attached hydrogens (primary N) is 1. The number of nitrogens with zero attached hydrogens (tertiary/aromatic N) is 3. The Morgan fingerprint density at radius 2 is 1.83 bits per heavy atom. The smallest absolute Gasteiger partial charge is 0.263 e. The van der Waals surface area contributed by atoms with Crippen molar-refractivity contribution in [2.45, 2.75) is 19.0 Å². The fourth-order valence-corrected chi connectivity index (χ4v) is 4.51. The number of benzene rings is 2. The molecule has 4 rings (SSSR count). The Bertz CT molecular complexity index is 1280. The second-order valence-electron chi connectivity index (χ2n) is 8.25. The summed E-state index contributed by atoms with van der Waals surface area (Å²) >= 11 is 12.5. The van der Waals surface area contributed by atoms with Crippen LogP contribution in [0.25, 0.3) is 11.1 Å². The number of carbonyl (C=O) groups is 2. The van der Waals surface area contributed by atoms with Gasteiger partial charge in [-0.05, 0) is 49.2 Å². The Balaban J connectivity index is 1.81. The molecule has 182 valence electrons. The summed E-state index contributed by atoms with van der Waals surface area (Å²) in [6, 6.07) is 10.4. The molecule has 2 aromatic carbocycles. The first-order valence-electron chi connectivity index (χ1n) is 10.9. The lowest BCUT2D eigenvalue weighted by atomic mass is 10.0. The number of primary amides is 1. The third-order valence-electron chi connectivity index (χ3n) is 5.97. The second-order valence-corrected chi connectivity index (χ2v) is 9.06.